The van der Waals surface area contributed by atoms with E-state index >= 15 is 0 Å². The Morgan fingerprint density at radius 3 is 2.35 bits per heavy atom. The molecular weight excluding hydrogens is 322 g/mol. The van der Waals surface area contributed by atoms with Crippen LogP contribution < -0.4 is 5.32 Å². The van der Waals surface area contributed by atoms with E-state index in [1.54, 1.807) is 13.0 Å². The van der Waals surface area contributed by atoms with Crippen molar-refractivity contribution in [1.29, 1.82) is 0 Å². The van der Waals surface area contributed by atoms with Gasteiger partial charge in [0.1, 0.15) is 0 Å². The molecule has 0 spiro atoms. The maximum atomic E-state index is 11.6. The van der Waals surface area contributed by atoms with Crippen molar-refractivity contribution in [2.45, 2.75) is 32.9 Å². The number of rotatable bonds is 5. The van der Waals surface area contributed by atoms with E-state index < -0.39 is 12.1 Å². The Morgan fingerprint density at radius 1 is 1.20 bits per heavy atom. The Hall–Kier alpha value is -1.62. The molecule has 20 heavy (non-hydrogen) atoms. The zero-order valence-electron chi connectivity index (χ0n) is 11.7. The molecule has 0 saturated heterocycles. The highest BCUT2D eigenvalue weighted by molar-refractivity contribution is 9.10. The molecule has 0 saturated carbocycles. The summed E-state index contributed by atoms with van der Waals surface area (Å²) in [6.45, 7) is 5.24. The lowest BCUT2D eigenvalue weighted by Gasteiger charge is -2.14. The summed E-state index contributed by atoms with van der Waals surface area (Å²) >= 11 is 3.33. The highest BCUT2D eigenvalue weighted by Crippen LogP contribution is 2.11. The second-order valence-corrected chi connectivity index (χ2v) is 5.54. The average molecular weight is 340 g/mol. The molecule has 1 rings (SSSR count). The number of hydrogen-bond donors (Lipinski definition) is 1. The van der Waals surface area contributed by atoms with E-state index in [9.17, 15) is 9.59 Å². The second kappa shape index (κ2) is 7.85. The first kappa shape index (κ1) is 16.4. The van der Waals surface area contributed by atoms with Gasteiger partial charge < -0.3 is 10.1 Å². The third-order valence-corrected chi connectivity index (χ3v) is 2.90. The Labute approximate surface area is 127 Å². The van der Waals surface area contributed by atoms with Gasteiger partial charge in [-0.15, -0.1) is 0 Å². The molecule has 1 atom stereocenters. The quantitative estimate of drug-likeness (QED) is 0.662. The monoisotopic (exact) mass is 339 g/mol. The summed E-state index contributed by atoms with van der Waals surface area (Å²) in [7, 11) is 0. The number of amides is 1. The Bertz CT molecular complexity index is 494. The number of carbonyl (C=O) groups is 2. The van der Waals surface area contributed by atoms with E-state index in [0.717, 1.165) is 10.0 Å². The SMILES string of the molecule is CC(C)NC(=O)[C@H](C)OC(=O)/C=C/c1ccc(Br)cc1. The van der Waals surface area contributed by atoms with Crippen LogP contribution >= 0.6 is 15.9 Å². The van der Waals surface area contributed by atoms with E-state index in [1.807, 2.05) is 38.1 Å². The first-order valence-electron chi connectivity index (χ1n) is 6.33. The topological polar surface area (TPSA) is 55.4 Å². The number of ether oxygens (including phenoxy) is 1. The molecule has 1 N–H and O–H groups in total. The minimum atomic E-state index is -0.806. The van der Waals surface area contributed by atoms with Crippen molar-refractivity contribution in [3.8, 4) is 0 Å². The van der Waals surface area contributed by atoms with Crippen molar-refractivity contribution in [1.82, 2.24) is 5.32 Å². The number of esters is 1. The molecular formula is C15H18BrNO3. The molecule has 0 aliphatic carbocycles. The predicted molar refractivity (Wildman–Crippen MR) is 82.0 cm³/mol. The summed E-state index contributed by atoms with van der Waals surface area (Å²) in [5.41, 5.74) is 0.879. The number of halogens is 1. The third kappa shape index (κ3) is 6.02. The summed E-state index contributed by atoms with van der Waals surface area (Å²) in [6.07, 6.45) is 2.14. The molecule has 1 aromatic rings. The first-order chi connectivity index (χ1) is 9.38. The molecule has 108 valence electrons. The Kier molecular flexibility index (Phi) is 6.45. The van der Waals surface area contributed by atoms with Crippen molar-refractivity contribution >= 4 is 33.9 Å². The van der Waals surface area contributed by atoms with E-state index in [2.05, 4.69) is 21.2 Å². The number of hydrogen-bond acceptors (Lipinski definition) is 3. The average Bonchev–Trinajstić information content (AvgIpc) is 2.37. The molecule has 0 bridgehead atoms. The normalized spacial score (nSPS) is 12.4. The lowest BCUT2D eigenvalue weighted by molar-refractivity contribution is -0.150. The van der Waals surface area contributed by atoms with Crippen LogP contribution in [0, 0.1) is 0 Å². The molecule has 5 heteroatoms. The van der Waals surface area contributed by atoms with Gasteiger partial charge in [-0.25, -0.2) is 4.79 Å². The van der Waals surface area contributed by atoms with Gasteiger partial charge in [-0.2, -0.15) is 0 Å². The molecule has 0 aliphatic heterocycles. The van der Waals surface area contributed by atoms with Crippen LogP contribution in [0.15, 0.2) is 34.8 Å². The predicted octanol–water partition coefficient (Wildman–Crippen LogP) is 2.92. The highest BCUT2D eigenvalue weighted by atomic mass is 79.9. The minimum absolute atomic E-state index is 0.0157. The van der Waals surface area contributed by atoms with Gasteiger partial charge in [-0.1, -0.05) is 28.1 Å². The van der Waals surface area contributed by atoms with Crippen molar-refractivity contribution in [3.63, 3.8) is 0 Å². The largest absolute Gasteiger partial charge is 0.449 e. The lowest BCUT2D eigenvalue weighted by Crippen LogP contribution is -2.39. The van der Waals surface area contributed by atoms with Gasteiger partial charge in [0, 0.05) is 16.6 Å². The number of nitrogens with one attached hydrogen (secondary N) is 1. The summed E-state index contributed by atoms with van der Waals surface area (Å²) in [5.74, 6) is -0.843. The van der Waals surface area contributed by atoms with Gasteiger partial charge in [0.05, 0.1) is 0 Å². The van der Waals surface area contributed by atoms with Crippen LogP contribution in [0.4, 0.5) is 0 Å². The molecule has 4 nitrogen and oxygen atoms in total. The van der Waals surface area contributed by atoms with Crippen LogP contribution in [0.3, 0.4) is 0 Å². The standard InChI is InChI=1S/C15H18BrNO3/c1-10(2)17-15(19)11(3)20-14(18)9-6-12-4-7-13(16)8-5-12/h4-11H,1-3H3,(H,17,19)/b9-6+/t11-/m0/s1. The van der Waals surface area contributed by atoms with E-state index in [-0.39, 0.29) is 11.9 Å². The molecule has 0 unspecified atom stereocenters. The van der Waals surface area contributed by atoms with Gasteiger partial charge >= 0.3 is 5.97 Å². The fraction of sp³-hybridized carbons (Fsp3) is 0.333. The lowest BCUT2D eigenvalue weighted by atomic mass is 10.2. The third-order valence-electron chi connectivity index (χ3n) is 2.37. The summed E-state index contributed by atoms with van der Waals surface area (Å²) in [6, 6.07) is 7.50. The van der Waals surface area contributed by atoms with Crippen LogP contribution in [0.25, 0.3) is 6.08 Å². The van der Waals surface area contributed by atoms with Crippen molar-refractivity contribution in [2.24, 2.45) is 0 Å². The summed E-state index contributed by atoms with van der Waals surface area (Å²) in [4.78, 5) is 23.2. The smallest absolute Gasteiger partial charge is 0.331 e. The van der Waals surface area contributed by atoms with Gasteiger partial charge in [-0.3, -0.25) is 4.79 Å². The fourth-order valence-electron chi connectivity index (χ4n) is 1.41. The van der Waals surface area contributed by atoms with Crippen LogP contribution in [0.5, 0.6) is 0 Å². The first-order valence-corrected chi connectivity index (χ1v) is 7.12. The molecule has 0 heterocycles. The fourth-order valence-corrected chi connectivity index (χ4v) is 1.67. The second-order valence-electron chi connectivity index (χ2n) is 4.63. The van der Waals surface area contributed by atoms with Crippen molar-refractivity contribution in [3.05, 3.63) is 40.4 Å². The minimum Gasteiger partial charge on any atom is -0.449 e. The number of benzene rings is 1. The summed E-state index contributed by atoms with van der Waals surface area (Å²) in [5, 5.41) is 2.68. The van der Waals surface area contributed by atoms with Gasteiger partial charge in [0.15, 0.2) is 6.10 Å². The van der Waals surface area contributed by atoms with E-state index in [0.29, 0.717) is 0 Å². The Morgan fingerprint density at radius 2 is 1.80 bits per heavy atom. The van der Waals surface area contributed by atoms with Crippen LogP contribution in [0.1, 0.15) is 26.3 Å². The molecule has 0 aliphatic rings. The van der Waals surface area contributed by atoms with Gasteiger partial charge in [0.2, 0.25) is 0 Å². The molecule has 1 aromatic carbocycles. The highest BCUT2D eigenvalue weighted by Gasteiger charge is 2.16. The maximum absolute atomic E-state index is 11.6. The maximum Gasteiger partial charge on any atom is 0.331 e. The van der Waals surface area contributed by atoms with Crippen LogP contribution in [0.2, 0.25) is 0 Å². The van der Waals surface area contributed by atoms with Crippen molar-refractivity contribution in [2.75, 3.05) is 0 Å². The van der Waals surface area contributed by atoms with Crippen molar-refractivity contribution < 1.29 is 14.3 Å². The zero-order chi connectivity index (χ0) is 15.1. The zero-order valence-corrected chi connectivity index (χ0v) is 13.3. The summed E-state index contributed by atoms with van der Waals surface area (Å²) < 4.78 is 5.98. The van der Waals surface area contributed by atoms with E-state index in [4.69, 9.17) is 4.74 Å². The van der Waals surface area contributed by atoms with Crippen LogP contribution in [-0.4, -0.2) is 24.0 Å². The van der Waals surface area contributed by atoms with Gasteiger partial charge in [0.25, 0.3) is 5.91 Å². The van der Waals surface area contributed by atoms with E-state index in [1.165, 1.54) is 6.08 Å². The van der Waals surface area contributed by atoms with Gasteiger partial charge in [-0.05, 0) is 44.5 Å². The Balaban J connectivity index is 2.50. The molecule has 1 amide bonds. The van der Waals surface area contributed by atoms with Crippen LogP contribution in [-0.2, 0) is 14.3 Å². The molecule has 0 fully saturated rings. The molecule has 0 radical (unpaired) electrons. The number of carbonyl (C=O) groups excluding carboxylic acids is 2. The molecule has 0 aromatic heterocycles.